The summed E-state index contributed by atoms with van der Waals surface area (Å²) < 4.78 is 13.0. The van der Waals surface area contributed by atoms with Crippen LogP contribution in [0.1, 0.15) is 30.9 Å². The number of aliphatic hydroxyl groups is 1. The van der Waals surface area contributed by atoms with Gasteiger partial charge >= 0.3 is 0 Å². The van der Waals surface area contributed by atoms with Gasteiger partial charge in [0.1, 0.15) is 5.82 Å². The van der Waals surface area contributed by atoms with Crippen molar-refractivity contribution in [2.75, 3.05) is 13.1 Å². The van der Waals surface area contributed by atoms with Crippen LogP contribution in [0.2, 0.25) is 0 Å². The van der Waals surface area contributed by atoms with Gasteiger partial charge in [0.2, 0.25) is 0 Å². The number of nitrogens with one attached hydrogen (secondary N) is 1. The second-order valence-corrected chi connectivity index (χ2v) is 4.52. The van der Waals surface area contributed by atoms with Gasteiger partial charge in [-0.05, 0) is 56.0 Å². The molecule has 1 aliphatic rings. The van der Waals surface area contributed by atoms with Crippen molar-refractivity contribution in [3.05, 3.63) is 35.6 Å². The maximum absolute atomic E-state index is 13.0. The Morgan fingerprint density at radius 2 is 2.38 bits per heavy atom. The fraction of sp³-hybridized carbons (Fsp3) is 0.538. The minimum Gasteiger partial charge on any atom is -0.388 e. The molecular formula is C13H18FNO. The molecule has 16 heavy (non-hydrogen) atoms. The van der Waals surface area contributed by atoms with E-state index in [2.05, 4.69) is 5.32 Å². The van der Waals surface area contributed by atoms with Crippen LogP contribution in [0.15, 0.2) is 24.3 Å². The average molecular weight is 223 g/mol. The normalized spacial score (nSPS) is 23.0. The van der Waals surface area contributed by atoms with Crippen LogP contribution in [-0.2, 0) is 0 Å². The van der Waals surface area contributed by atoms with Crippen LogP contribution in [0.4, 0.5) is 4.39 Å². The van der Waals surface area contributed by atoms with Gasteiger partial charge in [0.05, 0.1) is 6.10 Å². The highest BCUT2D eigenvalue weighted by Gasteiger charge is 2.18. The Kier molecular flexibility index (Phi) is 3.91. The second kappa shape index (κ2) is 5.41. The standard InChI is InChI=1S/C13H18FNO/c14-12-5-1-4-11(8-12)13(16)7-10-3-2-6-15-9-10/h1,4-5,8,10,13,15-16H,2-3,6-7,9H2. The molecule has 2 nitrogen and oxygen atoms in total. The molecule has 0 saturated carbocycles. The number of piperidine rings is 1. The van der Waals surface area contributed by atoms with Gasteiger partial charge < -0.3 is 10.4 Å². The smallest absolute Gasteiger partial charge is 0.123 e. The summed E-state index contributed by atoms with van der Waals surface area (Å²) >= 11 is 0. The molecule has 1 aromatic rings. The predicted octanol–water partition coefficient (Wildman–Crippen LogP) is 2.25. The molecule has 0 radical (unpaired) electrons. The maximum Gasteiger partial charge on any atom is 0.123 e. The van der Waals surface area contributed by atoms with E-state index in [0.29, 0.717) is 11.5 Å². The Morgan fingerprint density at radius 1 is 1.50 bits per heavy atom. The molecule has 1 fully saturated rings. The Labute approximate surface area is 95.5 Å². The summed E-state index contributed by atoms with van der Waals surface area (Å²) in [6.07, 6.45) is 2.50. The molecule has 0 aliphatic carbocycles. The minimum absolute atomic E-state index is 0.279. The highest BCUT2D eigenvalue weighted by molar-refractivity contribution is 5.18. The fourth-order valence-corrected chi connectivity index (χ4v) is 2.29. The molecule has 2 atom stereocenters. The van der Waals surface area contributed by atoms with E-state index in [1.807, 2.05) is 0 Å². The summed E-state index contributed by atoms with van der Waals surface area (Å²) in [7, 11) is 0. The molecule has 0 aromatic heterocycles. The SMILES string of the molecule is OC(CC1CCCNC1)c1cccc(F)c1. The first kappa shape index (κ1) is 11.6. The Morgan fingerprint density at radius 3 is 3.06 bits per heavy atom. The lowest BCUT2D eigenvalue weighted by Crippen LogP contribution is -2.30. The molecule has 88 valence electrons. The van der Waals surface area contributed by atoms with Crippen molar-refractivity contribution >= 4 is 0 Å². The Balaban J connectivity index is 1.94. The van der Waals surface area contributed by atoms with Gasteiger partial charge in [-0.2, -0.15) is 0 Å². The van der Waals surface area contributed by atoms with Crippen molar-refractivity contribution in [2.45, 2.75) is 25.4 Å². The first-order valence-corrected chi connectivity index (χ1v) is 5.90. The monoisotopic (exact) mass is 223 g/mol. The molecule has 0 amide bonds. The van der Waals surface area contributed by atoms with Crippen LogP contribution in [0, 0.1) is 11.7 Å². The number of benzene rings is 1. The van der Waals surface area contributed by atoms with E-state index in [1.165, 1.54) is 18.6 Å². The summed E-state index contributed by atoms with van der Waals surface area (Å²) in [5.74, 6) is 0.227. The zero-order valence-electron chi connectivity index (χ0n) is 9.32. The van der Waals surface area contributed by atoms with Crippen LogP contribution in [0.5, 0.6) is 0 Å². The summed E-state index contributed by atoms with van der Waals surface area (Å²) in [5.41, 5.74) is 0.686. The molecule has 0 spiro atoms. The van der Waals surface area contributed by atoms with E-state index in [-0.39, 0.29) is 5.82 Å². The lowest BCUT2D eigenvalue weighted by molar-refractivity contribution is 0.135. The predicted molar refractivity (Wildman–Crippen MR) is 61.6 cm³/mol. The topological polar surface area (TPSA) is 32.3 Å². The third kappa shape index (κ3) is 3.03. The van der Waals surface area contributed by atoms with Crippen LogP contribution in [-0.4, -0.2) is 18.2 Å². The lowest BCUT2D eigenvalue weighted by atomic mass is 9.91. The van der Waals surface area contributed by atoms with Crippen molar-refractivity contribution in [1.82, 2.24) is 5.32 Å². The van der Waals surface area contributed by atoms with Crippen molar-refractivity contribution in [1.29, 1.82) is 0 Å². The molecule has 1 heterocycles. The van der Waals surface area contributed by atoms with E-state index in [9.17, 15) is 9.50 Å². The number of hydrogen-bond donors (Lipinski definition) is 2. The zero-order chi connectivity index (χ0) is 11.4. The van der Waals surface area contributed by atoms with Gasteiger partial charge in [-0.15, -0.1) is 0 Å². The Hall–Kier alpha value is -0.930. The summed E-state index contributed by atoms with van der Waals surface area (Å²) in [6.45, 7) is 2.04. The molecule has 2 unspecified atom stereocenters. The zero-order valence-corrected chi connectivity index (χ0v) is 9.32. The van der Waals surface area contributed by atoms with E-state index in [0.717, 1.165) is 25.9 Å². The van der Waals surface area contributed by atoms with Crippen LogP contribution >= 0.6 is 0 Å². The molecule has 1 saturated heterocycles. The Bertz CT molecular complexity index is 336. The van der Waals surface area contributed by atoms with Gasteiger partial charge in [-0.1, -0.05) is 12.1 Å². The first-order valence-electron chi connectivity index (χ1n) is 5.90. The molecule has 0 bridgehead atoms. The molecule has 3 heteroatoms. The number of rotatable bonds is 3. The number of halogens is 1. The largest absolute Gasteiger partial charge is 0.388 e. The maximum atomic E-state index is 13.0. The molecule has 2 N–H and O–H groups in total. The summed E-state index contributed by atoms with van der Waals surface area (Å²) in [6, 6.07) is 6.25. The van der Waals surface area contributed by atoms with Crippen LogP contribution in [0.3, 0.4) is 0 Å². The van der Waals surface area contributed by atoms with E-state index in [1.54, 1.807) is 12.1 Å². The van der Waals surface area contributed by atoms with Gasteiger partial charge in [0, 0.05) is 0 Å². The second-order valence-electron chi connectivity index (χ2n) is 4.52. The highest BCUT2D eigenvalue weighted by Crippen LogP contribution is 2.25. The summed E-state index contributed by atoms with van der Waals surface area (Å²) in [5, 5.41) is 13.3. The molecule has 1 aliphatic heterocycles. The van der Waals surface area contributed by atoms with Gasteiger partial charge in [0.25, 0.3) is 0 Å². The average Bonchev–Trinajstić information content (AvgIpc) is 2.30. The van der Waals surface area contributed by atoms with Crippen molar-refractivity contribution < 1.29 is 9.50 Å². The van der Waals surface area contributed by atoms with Gasteiger partial charge in [-0.25, -0.2) is 4.39 Å². The molecular weight excluding hydrogens is 205 g/mol. The number of aliphatic hydroxyl groups excluding tert-OH is 1. The van der Waals surface area contributed by atoms with Crippen LogP contribution < -0.4 is 5.32 Å². The quantitative estimate of drug-likeness (QED) is 0.823. The van der Waals surface area contributed by atoms with E-state index < -0.39 is 6.10 Å². The highest BCUT2D eigenvalue weighted by atomic mass is 19.1. The fourth-order valence-electron chi connectivity index (χ4n) is 2.29. The van der Waals surface area contributed by atoms with Gasteiger partial charge in [-0.3, -0.25) is 0 Å². The third-order valence-corrected chi connectivity index (χ3v) is 3.19. The van der Waals surface area contributed by atoms with Crippen molar-refractivity contribution in [2.24, 2.45) is 5.92 Å². The number of hydrogen-bond acceptors (Lipinski definition) is 2. The minimum atomic E-state index is -0.541. The van der Waals surface area contributed by atoms with E-state index in [4.69, 9.17) is 0 Å². The van der Waals surface area contributed by atoms with E-state index >= 15 is 0 Å². The van der Waals surface area contributed by atoms with Crippen molar-refractivity contribution in [3.8, 4) is 0 Å². The van der Waals surface area contributed by atoms with Crippen molar-refractivity contribution in [3.63, 3.8) is 0 Å². The van der Waals surface area contributed by atoms with Crippen LogP contribution in [0.25, 0.3) is 0 Å². The van der Waals surface area contributed by atoms with Gasteiger partial charge in [0.15, 0.2) is 0 Å². The lowest BCUT2D eigenvalue weighted by Gasteiger charge is -2.25. The molecule has 1 aromatic carbocycles. The third-order valence-electron chi connectivity index (χ3n) is 3.19. The molecule has 2 rings (SSSR count). The summed E-state index contributed by atoms with van der Waals surface area (Å²) in [4.78, 5) is 0. The first-order chi connectivity index (χ1) is 7.75.